The lowest BCUT2D eigenvalue weighted by molar-refractivity contribution is 0.907. The van der Waals surface area contributed by atoms with Crippen LogP contribution in [0.25, 0.3) is 0 Å². The van der Waals surface area contributed by atoms with Crippen LogP contribution in [-0.4, -0.2) is 0 Å². The van der Waals surface area contributed by atoms with Crippen molar-refractivity contribution in [1.82, 2.24) is 0 Å². The van der Waals surface area contributed by atoms with Crippen LogP contribution in [0.1, 0.15) is 38.2 Å². The Bertz CT molecular complexity index is 616. The fourth-order valence-corrected chi connectivity index (χ4v) is 4.25. The molecule has 96 valence electrons. The molecule has 2 heteroatoms. The number of nitriles is 1. The predicted octanol–water partition coefficient (Wildman–Crippen LogP) is 5.00. The summed E-state index contributed by atoms with van der Waals surface area (Å²) in [6.07, 6.45) is 5.72. The number of nitrogens with zero attached hydrogens (tertiary/aromatic N) is 1. The van der Waals surface area contributed by atoms with Gasteiger partial charge in [-0.3, -0.25) is 0 Å². The number of thioether (sulfide) groups is 1. The number of rotatable bonds is 0. The summed E-state index contributed by atoms with van der Waals surface area (Å²) in [4.78, 5) is 2.90. The summed E-state index contributed by atoms with van der Waals surface area (Å²) < 4.78 is 0. The number of aryl methyl sites for hydroxylation is 1. The second kappa shape index (κ2) is 5.27. The van der Waals surface area contributed by atoms with E-state index in [1.807, 2.05) is 18.7 Å². The van der Waals surface area contributed by atoms with Gasteiger partial charge in [0.2, 0.25) is 0 Å². The molecule has 0 saturated heterocycles. The zero-order valence-corrected chi connectivity index (χ0v) is 12.0. The number of hydrogen-bond donors (Lipinski definition) is 0. The van der Waals surface area contributed by atoms with Crippen LogP contribution in [0.3, 0.4) is 0 Å². The molecule has 1 aliphatic heterocycles. The molecule has 19 heavy (non-hydrogen) atoms. The SMILES string of the molecule is C/C(C#N)=C1\CCC\C1=C1/CCc2ccccc2S1. The molecule has 0 spiro atoms. The second-order valence-corrected chi connectivity index (χ2v) is 6.32. The molecule has 2 aliphatic rings. The van der Waals surface area contributed by atoms with Gasteiger partial charge in [0, 0.05) is 10.5 Å². The van der Waals surface area contributed by atoms with Crippen molar-refractivity contribution in [1.29, 1.82) is 5.26 Å². The Kier molecular flexibility index (Phi) is 3.48. The first kappa shape index (κ1) is 12.6. The summed E-state index contributed by atoms with van der Waals surface area (Å²) in [5, 5.41) is 9.13. The van der Waals surface area contributed by atoms with Crippen molar-refractivity contribution in [2.24, 2.45) is 0 Å². The van der Waals surface area contributed by atoms with Gasteiger partial charge in [0.05, 0.1) is 6.07 Å². The molecule has 0 unspecified atom stereocenters. The highest BCUT2D eigenvalue weighted by atomic mass is 32.2. The van der Waals surface area contributed by atoms with E-state index in [1.54, 1.807) is 0 Å². The maximum Gasteiger partial charge on any atom is 0.0947 e. The highest BCUT2D eigenvalue weighted by Gasteiger charge is 2.23. The lowest BCUT2D eigenvalue weighted by atomic mass is 10.0. The minimum Gasteiger partial charge on any atom is -0.193 e. The van der Waals surface area contributed by atoms with Gasteiger partial charge in [-0.05, 0) is 66.7 Å². The lowest BCUT2D eigenvalue weighted by Gasteiger charge is -2.20. The molecule has 1 heterocycles. The lowest BCUT2D eigenvalue weighted by Crippen LogP contribution is -2.00. The average molecular weight is 267 g/mol. The Morgan fingerprint density at radius 3 is 2.84 bits per heavy atom. The molecule has 1 aromatic rings. The smallest absolute Gasteiger partial charge is 0.0947 e. The van der Waals surface area contributed by atoms with Crippen LogP contribution in [0.15, 0.2) is 50.8 Å². The van der Waals surface area contributed by atoms with E-state index in [9.17, 15) is 0 Å². The minimum absolute atomic E-state index is 0.916. The van der Waals surface area contributed by atoms with Crippen LogP contribution in [-0.2, 0) is 6.42 Å². The number of fused-ring (bicyclic) bond motifs is 1. The van der Waals surface area contributed by atoms with Gasteiger partial charge in [0.1, 0.15) is 0 Å². The Balaban J connectivity index is 2.00. The van der Waals surface area contributed by atoms with E-state index in [1.165, 1.54) is 32.9 Å². The van der Waals surface area contributed by atoms with Crippen molar-refractivity contribution < 1.29 is 0 Å². The van der Waals surface area contributed by atoms with Crippen LogP contribution < -0.4 is 0 Å². The third kappa shape index (κ3) is 2.35. The molecule has 3 rings (SSSR count). The monoisotopic (exact) mass is 267 g/mol. The fraction of sp³-hybridized carbons (Fsp3) is 0.353. The molecule has 1 aromatic carbocycles. The molecule has 0 N–H and O–H groups in total. The summed E-state index contributed by atoms with van der Waals surface area (Å²) in [6, 6.07) is 11.0. The fourth-order valence-electron chi connectivity index (χ4n) is 2.99. The van der Waals surface area contributed by atoms with Crippen LogP contribution in [0.2, 0.25) is 0 Å². The molecule has 1 nitrogen and oxygen atoms in total. The highest BCUT2D eigenvalue weighted by molar-refractivity contribution is 8.03. The summed E-state index contributed by atoms with van der Waals surface area (Å²) in [5.41, 5.74) is 5.18. The molecule has 0 bridgehead atoms. The van der Waals surface area contributed by atoms with E-state index in [0.717, 1.165) is 31.3 Å². The van der Waals surface area contributed by atoms with Gasteiger partial charge in [-0.2, -0.15) is 5.26 Å². The number of allylic oxidation sites excluding steroid dienone is 4. The van der Waals surface area contributed by atoms with E-state index in [-0.39, 0.29) is 0 Å². The van der Waals surface area contributed by atoms with Gasteiger partial charge in [0.25, 0.3) is 0 Å². The first-order valence-corrected chi connectivity index (χ1v) is 7.69. The number of hydrogen-bond acceptors (Lipinski definition) is 2. The first-order chi connectivity index (χ1) is 9.29. The molecule has 0 amide bonds. The molecular formula is C17H17NS. The summed E-state index contributed by atoms with van der Waals surface area (Å²) in [6.45, 7) is 1.96. The van der Waals surface area contributed by atoms with E-state index in [4.69, 9.17) is 5.26 Å². The van der Waals surface area contributed by atoms with Gasteiger partial charge in [-0.25, -0.2) is 0 Å². The third-order valence-corrected chi connectivity index (χ3v) is 5.32. The van der Waals surface area contributed by atoms with Gasteiger partial charge >= 0.3 is 0 Å². The summed E-state index contributed by atoms with van der Waals surface area (Å²) in [5.74, 6) is 0. The highest BCUT2D eigenvalue weighted by Crippen LogP contribution is 2.45. The van der Waals surface area contributed by atoms with E-state index in [2.05, 4.69) is 30.3 Å². The zero-order valence-electron chi connectivity index (χ0n) is 11.2. The molecule has 1 saturated carbocycles. The molecule has 1 aliphatic carbocycles. The van der Waals surface area contributed by atoms with Crippen molar-refractivity contribution in [3.8, 4) is 6.07 Å². The minimum atomic E-state index is 0.916. The van der Waals surface area contributed by atoms with Crippen LogP contribution in [0, 0.1) is 11.3 Å². The van der Waals surface area contributed by atoms with Crippen molar-refractivity contribution in [2.45, 2.75) is 43.9 Å². The summed E-state index contributed by atoms with van der Waals surface area (Å²) >= 11 is 1.92. The Morgan fingerprint density at radius 1 is 1.16 bits per heavy atom. The first-order valence-electron chi connectivity index (χ1n) is 6.87. The average Bonchev–Trinajstić information content (AvgIpc) is 2.95. The predicted molar refractivity (Wildman–Crippen MR) is 79.8 cm³/mol. The van der Waals surface area contributed by atoms with Gasteiger partial charge < -0.3 is 0 Å². The topological polar surface area (TPSA) is 23.8 Å². The van der Waals surface area contributed by atoms with E-state index >= 15 is 0 Å². The van der Waals surface area contributed by atoms with Crippen LogP contribution in [0.4, 0.5) is 0 Å². The standard InChI is InChI=1S/C17H17NS/c1-12(11-18)14-6-4-7-15(14)17-10-9-13-5-2-3-8-16(13)19-17/h2-3,5,8H,4,6-7,9-10H2,1H3/b14-12-,17-15-. The van der Waals surface area contributed by atoms with Crippen molar-refractivity contribution >= 4 is 11.8 Å². The van der Waals surface area contributed by atoms with Gasteiger partial charge in [-0.15, -0.1) is 0 Å². The Labute approximate surface area is 119 Å². The maximum atomic E-state index is 9.13. The van der Waals surface area contributed by atoms with Crippen LogP contribution in [0.5, 0.6) is 0 Å². The quantitative estimate of drug-likeness (QED) is 0.617. The summed E-state index contributed by atoms with van der Waals surface area (Å²) in [7, 11) is 0. The van der Waals surface area contributed by atoms with Crippen molar-refractivity contribution in [3.05, 3.63) is 51.5 Å². The Hall–Kier alpha value is -1.46. The van der Waals surface area contributed by atoms with Gasteiger partial charge in [-0.1, -0.05) is 30.0 Å². The van der Waals surface area contributed by atoms with E-state index < -0.39 is 0 Å². The molecule has 0 atom stereocenters. The normalized spacial score (nSPS) is 24.8. The third-order valence-electron chi connectivity index (χ3n) is 4.00. The van der Waals surface area contributed by atoms with Crippen molar-refractivity contribution in [2.75, 3.05) is 0 Å². The molecular weight excluding hydrogens is 250 g/mol. The largest absolute Gasteiger partial charge is 0.193 e. The molecule has 1 fully saturated rings. The Morgan fingerprint density at radius 2 is 2.00 bits per heavy atom. The van der Waals surface area contributed by atoms with Crippen molar-refractivity contribution in [3.63, 3.8) is 0 Å². The zero-order chi connectivity index (χ0) is 13.2. The van der Waals surface area contributed by atoms with Gasteiger partial charge in [0.15, 0.2) is 0 Å². The van der Waals surface area contributed by atoms with E-state index in [0.29, 0.717) is 0 Å². The van der Waals surface area contributed by atoms with Crippen LogP contribution >= 0.6 is 11.8 Å². The number of benzene rings is 1. The molecule has 0 radical (unpaired) electrons. The maximum absolute atomic E-state index is 9.13. The molecule has 0 aromatic heterocycles. The second-order valence-electron chi connectivity index (χ2n) is 5.18.